The van der Waals surface area contributed by atoms with E-state index < -0.39 is 0 Å². The van der Waals surface area contributed by atoms with Crippen LogP contribution in [0.5, 0.6) is 11.5 Å². The Labute approximate surface area is 163 Å². The largest absolute Gasteiger partial charge is 0.496 e. The third kappa shape index (κ3) is 8.05. The Morgan fingerprint density at radius 1 is 0.963 bits per heavy atom. The zero-order valence-electron chi connectivity index (χ0n) is 17.1. The Kier molecular flexibility index (Phi) is 11.4. The maximum Gasteiger partial charge on any atom is 0.123 e. The van der Waals surface area contributed by atoms with E-state index in [-0.39, 0.29) is 25.3 Å². The summed E-state index contributed by atoms with van der Waals surface area (Å²) < 4.78 is 11.7. The van der Waals surface area contributed by atoms with E-state index >= 15 is 0 Å². The Balaban J connectivity index is 3.08. The molecular formula is C21H38N2O4. The van der Waals surface area contributed by atoms with Crippen molar-refractivity contribution < 1.29 is 19.7 Å². The van der Waals surface area contributed by atoms with Gasteiger partial charge in [0.05, 0.1) is 26.9 Å². The van der Waals surface area contributed by atoms with E-state index in [2.05, 4.69) is 13.8 Å². The quantitative estimate of drug-likeness (QED) is 0.392. The first-order valence-corrected chi connectivity index (χ1v) is 10.0. The van der Waals surface area contributed by atoms with Crippen molar-refractivity contribution in [2.75, 3.05) is 26.9 Å². The van der Waals surface area contributed by atoms with Crippen LogP contribution in [0, 0.1) is 5.92 Å². The zero-order valence-corrected chi connectivity index (χ0v) is 17.1. The molecule has 0 bridgehead atoms. The molecule has 6 nitrogen and oxygen atoms in total. The molecule has 3 unspecified atom stereocenters. The molecule has 0 aliphatic rings. The minimum atomic E-state index is -0.357. The van der Waals surface area contributed by atoms with Crippen molar-refractivity contribution in [3.05, 3.63) is 23.3 Å². The molecular weight excluding hydrogens is 344 g/mol. The van der Waals surface area contributed by atoms with E-state index in [1.54, 1.807) is 7.11 Å². The monoisotopic (exact) mass is 382 g/mol. The molecule has 0 spiro atoms. The van der Waals surface area contributed by atoms with Crippen LogP contribution in [-0.4, -0.2) is 49.2 Å². The molecule has 0 aliphatic carbocycles. The molecule has 1 aromatic rings. The average Bonchev–Trinajstić information content (AvgIpc) is 2.69. The minimum absolute atomic E-state index is 0.0903. The summed E-state index contributed by atoms with van der Waals surface area (Å²) in [6.07, 6.45) is 5.60. The molecule has 156 valence electrons. The molecule has 0 radical (unpaired) electrons. The fourth-order valence-corrected chi connectivity index (χ4v) is 3.09. The third-order valence-electron chi connectivity index (χ3n) is 4.91. The van der Waals surface area contributed by atoms with Gasteiger partial charge in [0, 0.05) is 12.1 Å². The van der Waals surface area contributed by atoms with E-state index in [1.165, 1.54) is 12.8 Å². The molecule has 6 heteroatoms. The number of aliphatic hydroxyl groups is 2. The minimum Gasteiger partial charge on any atom is -0.496 e. The first-order chi connectivity index (χ1) is 13.0. The summed E-state index contributed by atoms with van der Waals surface area (Å²) in [7, 11) is 1.61. The van der Waals surface area contributed by atoms with Crippen LogP contribution < -0.4 is 20.9 Å². The molecule has 6 N–H and O–H groups in total. The van der Waals surface area contributed by atoms with Gasteiger partial charge in [-0.3, -0.25) is 0 Å². The highest BCUT2D eigenvalue weighted by Gasteiger charge is 2.17. The van der Waals surface area contributed by atoms with Crippen molar-refractivity contribution in [3.8, 4) is 11.5 Å². The van der Waals surface area contributed by atoms with Gasteiger partial charge in [-0.2, -0.15) is 0 Å². The van der Waals surface area contributed by atoms with Crippen LogP contribution in [0.4, 0.5) is 0 Å². The van der Waals surface area contributed by atoms with Gasteiger partial charge in [0.25, 0.3) is 0 Å². The Bertz CT molecular complexity index is 539. The van der Waals surface area contributed by atoms with E-state index in [9.17, 15) is 10.2 Å². The number of hydrogen-bond donors (Lipinski definition) is 4. The summed E-state index contributed by atoms with van der Waals surface area (Å²) in [5.74, 6) is 1.97. The molecule has 1 aromatic carbocycles. The molecule has 0 aliphatic heterocycles. The summed E-state index contributed by atoms with van der Waals surface area (Å²) in [5.41, 5.74) is 13.7. The van der Waals surface area contributed by atoms with Crippen molar-refractivity contribution in [1.82, 2.24) is 0 Å². The first kappa shape index (κ1) is 23.7. The average molecular weight is 383 g/mol. The van der Waals surface area contributed by atoms with Crippen molar-refractivity contribution >= 4 is 0 Å². The van der Waals surface area contributed by atoms with Gasteiger partial charge < -0.3 is 31.2 Å². The van der Waals surface area contributed by atoms with Crippen LogP contribution in [0.1, 0.15) is 50.7 Å². The highest BCUT2D eigenvalue weighted by molar-refractivity contribution is 5.47. The Hall–Kier alpha value is -1.34. The van der Waals surface area contributed by atoms with Gasteiger partial charge in [0.2, 0.25) is 0 Å². The SMILES string of the molecule is CCCCC(CC)COc1cc(CC(N)CO)c(OC)cc1CC(N)CO. The number of aliphatic hydroxyl groups excluding tert-OH is 2. The zero-order chi connectivity index (χ0) is 20.2. The number of rotatable bonds is 14. The van der Waals surface area contributed by atoms with Crippen molar-refractivity contribution in [2.45, 2.75) is 64.5 Å². The predicted octanol–water partition coefficient (Wildman–Crippen LogP) is 2.01. The smallest absolute Gasteiger partial charge is 0.123 e. The lowest BCUT2D eigenvalue weighted by atomic mass is 9.98. The molecule has 1 rings (SSSR count). The number of methoxy groups -OCH3 is 1. The summed E-state index contributed by atoms with van der Waals surface area (Å²) >= 11 is 0. The lowest BCUT2D eigenvalue weighted by Crippen LogP contribution is -2.28. The molecule has 0 amide bonds. The van der Waals surface area contributed by atoms with Crippen molar-refractivity contribution in [3.63, 3.8) is 0 Å². The normalized spacial score (nSPS) is 14.6. The van der Waals surface area contributed by atoms with E-state index in [4.69, 9.17) is 20.9 Å². The fraction of sp³-hybridized carbons (Fsp3) is 0.714. The third-order valence-corrected chi connectivity index (χ3v) is 4.91. The molecule has 0 saturated carbocycles. The Morgan fingerprint density at radius 2 is 1.52 bits per heavy atom. The standard InChI is InChI=1S/C21H38N2O4/c1-4-6-7-15(5-2)14-27-21-11-16(8-18(22)12-24)20(26-3)10-17(21)9-19(23)13-25/h10-11,15,18-19,24-25H,4-9,12-14,22-23H2,1-3H3. The van der Waals surface area contributed by atoms with Gasteiger partial charge in [0.15, 0.2) is 0 Å². The summed E-state index contributed by atoms with van der Waals surface area (Å²) in [4.78, 5) is 0. The first-order valence-electron chi connectivity index (χ1n) is 10.0. The van der Waals surface area contributed by atoms with Crippen LogP contribution in [0.15, 0.2) is 12.1 Å². The highest BCUT2D eigenvalue weighted by Crippen LogP contribution is 2.31. The number of hydrogen-bond acceptors (Lipinski definition) is 6. The lowest BCUT2D eigenvalue weighted by Gasteiger charge is -2.21. The molecule has 0 heterocycles. The maximum absolute atomic E-state index is 9.33. The second-order valence-corrected chi connectivity index (χ2v) is 7.29. The van der Waals surface area contributed by atoms with Gasteiger partial charge in [-0.05, 0) is 48.4 Å². The fourth-order valence-electron chi connectivity index (χ4n) is 3.09. The van der Waals surface area contributed by atoms with Crippen molar-refractivity contribution in [1.29, 1.82) is 0 Å². The number of ether oxygens (including phenoxy) is 2. The van der Waals surface area contributed by atoms with Gasteiger partial charge in [-0.1, -0.05) is 33.1 Å². The summed E-state index contributed by atoms with van der Waals surface area (Å²) in [5, 5.41) is 18.6. The van der Waals surface area contributed by atoms with Crippen LogP contribution >= 0.6 is 0 Å². The second kappa shape index (κ2) is 12.9. The van der Waals surface area contributed by atoms with E-state index in [0.717, 1.165) is 29.7 Å². The topological polar surface area (TPSA) is 111 Å². The predicted molar refractivity (Wildman–Crippen MR) is 109 cm³/mol. The molecule has 0 fully saturated rings. The van der Waals surface area contributed by atoms with Gasteiger partial charge in [-0.25, -0.2) is 0 Å². The second-order valence-electron chi connectivity index (χ2n) is 7.29. The number of unbranched alkanes of at least 4 members (excludes halogenated alkanes) is 1. The van der Waals surface area contributed by atoms with Gasteiger partial charge >= 0.3 is 0 Å². The van der Waals surface area contributed by atoms with Crippen LogP contribution in [0.2, 0.25) is 0 Å². The van der Waals surface area contributed by atoms with Crippen molar-refractivity contribution in [2.24, 2.45) is 17.4 Å². The number of benzene rings is 1. The molecule has 27 heavy (non-hydrogen) atoms. The molecule has 0 saturated heterocycles. The van der Waals surface area contributed by atoms with Crippen LogP contribution in [-0.2, 0) is 12.8 Å². The summed E-state index contributed by atoms with van der Waals surface area (Å²) in [6.45, 7) is 4.85. The maximum atomic E-state index is 9.33. The summed E-state index contributed by atoms with van der Waals surface area (Å²) in [6, 6.07) is 3.15. The van der Waals surface area contributed by atoms with Crippen LogP contribution in [0.25, 0.3) is 0 Å². The number of nitrogens with two attached hydrogens (primary N) is 2. The molecule has 3 atom stereocenters. The van der Waals surface area contributed by atoms with E-state index in [0.29, 0.717) is 31.1 Å². The lowest BCUT2D eigenvalue weighted by molar-refractivity contribution is 0.228. The molecule has 0 aromatic heterocycles. The van der Waals surface area contributed by atoms with Gasteiger partial charge in [-0.15, -0.1) is 0 Å². The van der Waals surface area contributed by atoms with E-state index in [1.807, 2.05) is 12.1 Å². The Morgan fingerprint density at radius 3 is 2.00 bits per heavy atom. The highest BCUT2D eigenvalue weighted by atomic mass is 16.5. The van der Waals surface area contributed by atoms with Crippen LogP contribution in [0.3, 0.4) is 0 Å². The van der Waals surface area contributed by atoms with Gasteiger partial charge in [0.1, 0.15) is 11.5 Å².